The van der Waals surface area contributed by atoms with Crippen molar-refractivity contribution >= 4 is 28.2 Å². The van der Waals surface area contributed by atoms with Gasteiger partial charge in [-0.1, -0.05) is 0 Å². The van der Waals surface area contributed by atoms with Gasteiger partial charge in [-0.3, -0.25) is 4.79 Å². The van der Waals surface area contributed by atoms with Gasteiger partial charge in [0, 0.05) is 11.3 Å². The Bertz CT molecular complexity index is 629. The van der Waals surface area contributed by atoms with E-state index in [4.69, 9.17) is 0 Å². The van der Waals surface area contributed by atoms with Gasteiger partial charge in [0.15, 0.2) is 5.13 Å². The van der Waals surface area contributed by atoms with Gasteiger partial charge in [-0.15, -0.1) is 11.3 Å². The van der Waals surface area contributed by atoms with E-state index in [1.165, 1.54) is 28.3 Å². The summed E-state index contributed by atoms with van der Waals surface area (Å²) in [6, 6.07) is 1.30. The molecule has 0 aromatic carbocycles. The Hall–Kier alpha value is -2.29. The van der Waals surface area contributed by atoms with Gasteiger partial charge in [-0.05, 0) is 18.8 Å². The number of hydrogen-bond donors (Lipinski definition) is 1. The number of aryl methyl sites for hydroxylation is 3. The number of aromatic nitrogens is 3. The molecule has 1 amide bonds. The van der Waals surface area contributed by atoms with Crippen LogP contribution in [0.4, 0.5) is 10.9 Å². The van der Waals surface area contributed by atoms with Gasteiger partial charge in [-0.2, -0.15) is 4.68 Å². The average molecular weight is 295 g/mol. The van der Waals surface area contributed by atoms with Crippen LogP contribution in [0.1, 0.15) is 17.0 Å². The Morgan fingerprint density at radius 1 is 1.55 bits per heavy atom. The van der Waals surface area contributed by atoms with Gasteiger partial charge in [0.1, 0.15) is 0 Å². The molecule has 20 heavy (non-hydrogen) atoms. The Balaban J connectivity index is 1.87. The van der Waals surface area contributed by atoms with Crippen LogP contribution in [-0.2, 0) is 11.3 Å². The summed E-state index contributed by atoms with van der Waals surface area (Å²) in [4.78, 5) is 26.9. The number of carbonyl (C=O) groups is 1. The summed E-state index contributed by atoms with van der Waals surface area (Å²) in [5.74, 6) is -0.423. The minimum atomic E-state index is -0.572. The fourth-order valence-corrected chi connectivity index (χ4v) is 2.33. The number of rotatable bonds is 5. The van der Waals surface area contributed by atoms with Crippen LogP contribution >= 0.6 is 11.3 Å². The normalized spacial score (nSPS) is 10.5. The van der Waals surface area contributed by atoms with E-state index in [0.29, 0.717) is 5.13 Å². The molecule has 2 rings (SSSR count). The second kappa shape index (κ2) is 5.78. The van der Waals surface area contributed by atoms with Crippen LogP contribution in [-0.4, -0.2) is 25.6 Å². The van der Waals surface area contributed by atoms with Crippen molar-refractivity contribution < 1.29 is 9.72 Å². The minimum absolute atomic E-state index is 0.177. The summed E-state index contributed by atoms with van der Waals surface area (Å²) >= 11 is 1.42. The summed E-state index contributed by atoms with van der Waals surface area (Å²) in [6.45, 7) is 4.10. The highest BCUT2D eigenvalue weighted by Gasteiger charge is 2.12. The number of amides is 1. The number of nitrogens with zero attached hydrogens (tertiary/aromatic N) is 4. The Labute approximate surface area is 118 Å². The molecule has 2 aromatic heterocycles. The number of nitrogens with one attached hydrogen (secondary N) is 1. The molecular weight excluding hydrogens is 282 g/mol. The van der Waals surface area contributed by atoms with E-state index in [2.05, 4.69) is 15.4 Å². The van der Waals surface area contributed by atoms with Crippen LogP contribution in [0.3, 0.4) is 0 Å². The molecule has 8 nitrogen and oxygen atoms in total. The van der Waals surface area contributed by atoms with Crippen molar-refractivity contribution in [1.29, 1.82) is 0 Å². The molecule has 0 aliphatic rings. The first-order valence-corrected chi connectivity index (χ1v) is 6.69. The molecule has 0 radical (unpaired) electrons. The summed E-state index contributed by atoms with van der Waals surface area (Å²) in [5.41, 5.74) is 0.896. The van der Waals surface area contributed by atoms with Gasteiger partial charge >= 0.3 is 5.82 Å². The summed E-state index contributed by atoms with van der Waals surface area (Å²) < 4.78 is 1.37. The SMILES string of the molecule is Cc1nc(NC(=O)CCn2ccc([N+](=O)[O-])n2)sc1C. The highest BCUT2D eigenvalue weighted by molar-refractivity contribution is 7.15. The second-order valence-corrected chi connectivity index (χ2v) is 5.36. The predicted octanol–water partition coefficient (Wildman–Crippen LogP) is 1.89. The fourth-order valence-electron chi connectivity index (χ4n) is 1.50. The highest BCUT2D eigenvalue weighted by atomic mass is 32.1. The third-order valence-corrected chi connectivity index (χ3v) is 3.64. The van der Waals surface area contributed by atoms with Gasteiger partial charge in [0.25, 0.3) is 0 Å². The number of carbonyl (C=O) groups excluding carboxylic acids is 1. The fraction of sp³-hybridized carbons (Fsp3) is 0.364. The van der Waals surface area contributed by atoms with Crippen LogP contribution in [0.15, 0.2) is 12.3 Å². The van der Waals surface area contributed by atoms with E-state index in [1.807, 2.05) is 13.8 Å². The lowest BCUT2D eigenvalue weighted by atomic mass is 10.4. The van der Waals surface area contributed by atoms with Crippen molar-refractivity contribution in [1.82, 2.24) is 14.8 Å². The lowest BCUT2D eigenvalue weighted by Gasteiger charge is -1.99. The van der Waals surface area contributed by atoms with Crippen LogP contribution in [0, 0.1) is 24.0 Å². The van der Waals surface area contributed by atoms with Gasteiger partial charge in [-0.25, -0.2) is 4.98 Å². The first-order valence-electron chi connectivity index (χ1n) is 5.87. The van der Waals surface area contributed by atoms with Crippen molar-refractivity contribution in [2.24, 2.45) is 0 Å². The van der Waals surface area contributed by atoms with Crippen molar-refractivity contribution in [3.63, 3.8) is 0 Å². The van der Waals surface area contributed by atoms with Crippen molar-refractivity contribution in [3.8, 4) is 0 Å². The number of anilines is 1. The zero-order valence-electron chi connectivity index (χ0n) is 11.0. The van der Waals surface area contributed by atoms with E-state index in [1.54, 1.807) is 0 Å². The predicted molar refractivity (Wildman–Crippen MR) is 73.7 cm³/mol. The molecule has 0 aliphatic heterocycles. The Morgan fingerprint density at radius 3 is 2.85 bits per heavy atom. The molecule has 2 aromatic rings. The molecule has 106 valence electrons. The molecule has 9 heteroatoms. The molecule has 0 fully saturated rings. The minimum Gasteiger partial charge on any atom is -0.358 e. The highest BCUT2D eigenvalue weighted by Crippen LogP contribution is 2.21. The summed E-state index contributed by atoms with van der Waals surface area (Å²) in [5, 5.41) is 17.5. The molecule has 2 heterocycles. The zero-order chi connectivity index (χ0) is 14.7. The molecule has 0 unspecified atom stereocenters. The summed E-state index contributed by atoms with van der Waals surface area (Å²) in [6.07, 6.45) is 1.65. The standard InChI is InChI=1S/C11H13N5O3S/c1-7-8(2)20-11(12-7)13-10(17)4-6-15-5-3-9(14-15)16(18)19/h3,5H,4,6H2,1-2H3,(H,12,13,17). The van der Waals surface area contributed by atoms with Gasteiger partial charge < -0.3 is 15.4 Å². The molecular formula is C11H13N5O3S. The molecule has 0 aliphatic carbocycles. The number of nitro groups is 1. The quantitative estimate of drug-likeness (QED) is 0.670. The van der Waals surface area contributed by atoms with Gasteiger partial charge in [0.2, 0.25) is 5.91 Å². The number of hydrogen-bond acceptors (Lipinski definition) is 6. The lowest BCUT2D eigenvalue weighted by molar-refractivity contribution is -0.389. The maximum Gasteiger partial charge on any atom is 0.389 e. The summed E-state index contributed by atoms with van der Waals surface area (Å²) in [7, 11) is 0. The van der Waals surface area contributed by atoms with Crippen molar-refractivity contribution in [2.75, 3.05) is 5.32 Å². The first-order chi connectivity index (χ1) is 9.45. The Kier molecular flexibility index (Phi) is 4.08. The van der Waals surface area contributed by atoms with Crippen molar-refractivity contribution in [2.45, 2.75) is 26.8 Å². The second-order valence-electron chi connectivity index (χ2n) is 4.15. The monoisotopic (exact) mass is 295 g/mol. The van der Waals surface area contributed by atoms with Crippen LogP contribution in [0.2, 0.25) is 0 Å². The first kappa shape index (κ1) is 14.1. The van der Waals surface area contributed by atoms with Gasteiger partial charge in [0.05, 0.1) is 29.6 Å². The van der Waals surface area contributed by atoms with Crippen LogP contribution in [0.25, 0.3) is 0 Å². The van der Waals surface area contributed by atoms with E-state index < -0.39 is 4.92 Å². The van der Waals surface area contributed by atoms with Crippen LogP contribution in [0.5, 0.6) is 0 Å². The van der Waals surface area contributed by atoms with E-state index >= 15 is 0 Å². The lowest BCUT2D eigenvalue weighted by Crippen LogP contribution is -2.14. The third kappa shape index (κ3) is 3.38. The smallest absolute Gasteiger partial charge is 0.358 e. The topological polar surface area (TPSA) is 103 Å². The molecule has 0 bridgehead atoms. The molecule has 1 N–H and O–H groups in total. The van der Waals surface area contributed by atoms with E-state index in [0.717, 1.165) is 10.6 Å². The Morgan fingerprint density at radius 2 is 2.30 bits per heavy atom. The maximum atomic E-state index is 11.7. The van der Waals surface area contributed by atoms with E-state index in [-0.39, 0.29) is 24.7 Å². The van der Waals surface area contributed by atoms with Crippen LogP contribution < -0.4 is 5.32 Å². The molecule has 0 saturated carbocycles. The van der Waals surface area contributed by atoms with Crippen molar-refractivity contribution in [3.05, 3.63) is 32.9 Å². The number of thiazole rings is 1. The molecule has 0 spiro atoms. The average Bonchev–Trinajstić information content (AvgIpc) is 2.95. The maximum absolute atomic E-state index is 11.7. The third-order valence-electron chi connectivity index (χ3n) is 2.66. The van der Waals surface area contributed by atoms with E-state index in [9.17, 15) is 14.9 Å². The molecule has 0 atom stereocenters. The zero-order valence-corrected chi connectivity index (χ0v) is 11.8. The largest absolute Gasteiger partial charge is 0.389 e. The molecule has 0 saturated heterocycles.